The van der Waals surface area contributed by atoms with Gasteiger partial charge in [0, 0.05) is 45.4 Å². The van der Waals surface area contributed by atoms with Crippen LogP contribution in [0.5, 0.6) is 0 Å². The van der Waals surface area contributed by atoms with Crippen molar-refractivity contribution < 1.29 is 4.74 Å². The summed E-state index contributed by atoms with van der Waals surface area (Å²) in [5.74, 6) is 2.52. The summed E-state index contributed by atoms with van der Waals surface area (Å²) in [4.78, 5) is 14.5. The average molecular weight is 467 g/mol. The molecule has 1 unspecified atom stereocenters. The molecule has 176 valence electrons. The zero-order valence-corrected chi connectivity index (χ0v) is 20.1. The van der Waals surface area contributed by atoms with E-state index in [2.05, 4.69) is 50.8 Å². The third kappa shape index (κ3) is 5.73. The molecule has 3 aliphatic rings. The first-order valence-corrected chi connectivity index (χ1v) is 12.8. The first kappa shape index (κ1) is 22.3. The van der Waals surface area contributed by atoms with Gasteiger partial charge in [-0.3, -0.25) is 0 Å². The molecule has 0 spiro atoms. The van der Waals surface area contributed by atoms with Gasteiger partial charge in [-0.25, -0.2) is 0 Å². The van der Waals surface area contributed by atoms with Gasteiger partial charge in [0.1, 0.15) is 11.6 Å². The predicted molar refractivity (Wildman–Crippen MR) is 137 cm³/mol. The Bertz CT molecular complexity index is 956. The predicted octanol–water partition coefficient (Wildman–Crippen LogP) is 3.89. The van der Waals surface area contributed by atoms with Gasteiger partial charge in [-0.2, -0.15) is 9.97 Å². The molecule has 8 heteroatoms. The summed E-state index contributed by atoms with van der Waals surface area (Å²) >= 11 is 5.56. The molecule has 1 atom stereocenters. The van der Waals surface area contributed by atoms with E-state index in [-0.39, 0.29) is 6.10 Å². The number of nitrogens with one attached hydrogen (secondary N) is 2. The van der Waals surface area contributed by atoms with Gasteiger partial charge in [-0.05, 0) is 55.4 Å². The van der Waals surface area contributed by atoms with Crippen LogP contribution < -0.4 is 20.4 Å². The molecule has 1 aromatic carbocycles. The number of aromatic nitrogens is 2. The average Bonchev–Trinajstić information content (AvgIpc) is 3.22. The largest absolute Gasteiger partial charge is 0.376 e. The third-order valence-corrected chi connectivity index (χ3v) is 7.07. The smallest absolute Gasteiger partial charge is 0.232 e. The zero-order valence-electron chi connectivity index (χ0n) is 19.3. The van der Waals surface area contributed by atoms with Crippen LogP contribution in [0.1, 0.15) is 49.7 Å². The highest BCUT2D eigenvalue weighted by Gasteiger charge is 2.21. The maximum absolute atomic E-state index is 5.70. The second kappa shape index (κ2) is 10.7. The Morgan fingerprint density at radius 3 is 2.48 bits per heavy atom. The second-order valence-electron chi connectivity index (χ2n) is 9.22. The lowest BCUT2D eigenvalue weighted by atomic mass is 10.00. The minimum atomic E-state index is 0.234. The lowest BCUT2D eigenvalue weighted by Gasteiger charge is -2.31. The molecular weight excluding hydrogens is 432 g/mol. The van der Waals surface area contributed by atoms with Gasteiger partial charge in [0.15, 0.2) is 5.11 Å². The monoisotopic (exact) mass is 466 g/mol. The summed E-state index contributed by atoms with van der Waals surface area (Å²) in [6.45, 7) is 5.46. The summed E-state index contributed by atoms with van der Waals surface area (Å²) in [6, 6.07) is 10.9. The van der Waals surface area contributed by atoms with Crippen LogP contribution in [-0.4, -0.2) is 54.0 Å². The van der Waals surface area contributed by atoms with E-state index < -0.39 is 0 Å². The van der Waals surface area contributed by atoms with Crippen molar-refractivity contribution in [1.82, 2.24) is 15.3 Å². The van der Waals surface area contributed by atoms with Gasteiger partial charge in [-0.15, -0.1) is 0 Å². The van der Waals surface area contributed by atoms with Crippen LogP contribution in [0.25, 0.3) is 0 Å². The molecule has 1 aromatic heterocycles. The highest BCUT2D eigenvalue weighted by Crippen LogP contribution is 2.28. The van der Waals surface area contributed by atoms with Crippen LogP contribution in [0.4, 0.5) is 17.6 Å². The molecule has 2 N–H and O–H groups in total. The molecule has 33 heavy (non-hydrogen) atoms. The summed E-state index contributed by atoms with van der Waals surface area (Å²) in [6.07, 6.45) is 8.47. The number of anilines is 3. The van der Waals surface area contributed by atoms with Crippen LogP contribution in [0, 0.1) is 0 Å². The summed E-state index contributed by atoms with van der Waals surface area (Å²) in [5, 5.41) is 7.08. The molecule has 0 saturated carbocycles. The maximum atomic E-state index is 5.70. The molecule has 2 saturated heterocycles. The SMILES string of the molecule is S=C(NCC1CCCO1)Nc1nc(N2CCCCCC2)cc(N2CCc3ccccc3C2)n1. The lowest BCUT2D eigenvalue weighted by Crippen LogP contribution is -2.36. The van der Waals surface area contributed by atoms with E-state index in [0.29, 0.717) is 17.6 Å². The standard InChI is InChI=1S/C25H34N6OS/c33-25(26-17-21-10-7-15-32-21)29-24-27-22(30-12-5-1-2-6-13-30)16-23(28-24)31-14-11-19-8-3-4-9-20(19)18-31/h3-4,8-9,16,21H,1-2,5-7,10-15,17-18H2,(H2,26,27,28,29,33). The molecule has 3 aliphatic heterocycles. The Morgan fingerprint density at radius 1 is 0.970 bits per heavy atom. The van der Waals surface area contributed by atoms with Gasteiger partial charge < -0.3 is 25.2 Å². The minimum Gasteiger partial charge on any atom is -0.376 e. The van der Waals surface area contributed by atoms with E-state index in [0.717, 1.165) is 63.7 Å². The van der Waals surface area contributed by atoms with Crippen molar-refractivity contribution in [3.05, 3.63) is 41.5 Å². The van der Waals surface area contributed by atoms with Crippen molar-refractivity contribution in [2.45, 2.75) is 57.6 Å². The number of hydrogen-bond donors (Lipinski definition) is 2. The summed E-state index contributed by atoms with van der Waals surface area (Å²) < 4.78 is 5.70. The van der Waals surface area contributed by atoms with Crippen molar-refractivity contribution in [1.29, 1.82) is 0 Å². The van der Waals surface area contributed by atoms with E-state index in [1.54, 1.807) is 0 Å². The van der Waals surface area contributed by atoms with Crippen LogP contribution >= 0.6 is 12.2 Å². The van der Waals surface area contributed by atoms with Crippen LogP contribution in [0.3, 0.4) is 0 Å². The number of hydrogen-bond acceptors (Lipinski definition) is 6. The Kier molecular flexibility index (Phi) is 7.21. The third-order valence-electron chi connectivity index (χ3n) is 6.82. The highest BCUT2D eigenvalue weighted by molar-refractivity contribution is 7.80. The van der Waals surface area contributed by atoms with Crippen molar-refractivity contribution in [2.75, 3.05) is 47.9 Å². The molecule has 5 rings (SSSR count). The molecule has 0 aliphatic carbocycles. The first-order valence-electron chi connectivity index (χ1n) is 12.4. The molecule has 7 nitrogen and oxygen atoms in total. The Hall–Kier alpha value is -2.45. The fourth-order valence-electron chi connectivity index (χ4n) is 4.95. The van der Waals surface area contributed by atoms with Gasteiger partial charge in [0.2, 0.25) is 5.95 Å². The van der Waals surface area contributed by atoms with Crippen molar-refractivity contribution >= 4 is 34.9 Å². The van der Waals surface area contributed by atoms with E-state index in [1.165, 1.54) is 36.8 Å². The normalized spacial score (nSPS) is 20.8. The van der Waals surface area contributed by atoms with Crippen LogP contribution in [-0.2, 0) is 17.7 Å². The van der Waals surface area contributed by atoms with Crippen molar-refractivity contribution in [3.8, 4) is 0 Å². The molecule has 4 heterocycles. The number of fused-ring (bicyclic) bond motifs is 1. The topological polar surface area (TPSA) is 65.6 Å². The minimum absolute atomic E-state index is 0.234. The van der Waals surface area contributed by atoms with Gasteiger partial charge >= 0.3 is 0 Å². The van der Waals surface area contributed by atoms with Gasteiger partial charge in [-0.1, -0.05) is 37.1 Å². The zero-order chi connectivity index (χ0) is 22.5. The number of benzene rings is 1. The Balaban J connectivity index is 1.35. The maximum Gasteiger partial charge on any atom is 0.232 e. The Labute approximate surface area is 201 Å². The number of ether oxygens (including phenoxy) is 1. The Morgan fingerprint density at radius 2 is 1.73 bits per heavy atom. The van der Waals surface area contributed by atoms with Crippen molar-refractivity contribution in [3.63, 3.8) is 0 Å². The van der Waals surface area contributed by atoms with Crippen LogP contribution in [0.2, 0.25) is 0 Å². The molecule has 0 bridgehead atoms. The fourth-order valence-corrected chi connectivity index (χ4v) is 5.13. The molecular formula is C25H34N6OS. The fraction of sp³-hybridized carbons (Fsp3) is 0.560. The van der Waals surface area contributed by atoms with E-state index in [1.807, 2.05) is 0 Å². The first-order chi connectivity index (χ1) is 16.2. The van der Waals surface area contributed by atoms with E-state index >= 15 is 0 Å². The summed E-state index contributed by atoms with van der Waals surface area (Å²) in [7, 11) is 0. The quantitative estimate of drug-likeness (QED) is 0.644. The lowest BCUT2D eigenvalue weighted by molar-refractivity contribution is 0.114. The molecule has 0 radical (unpaired) electrons. The number of rotatable bonds is 5. The second-order valence-corrected chi connectivity index (χ2v) is 9.63. The molecule has 2 fully saturated rings. The molecule has 2 aromatic rings. The number of nitrogens with zero attached hydrogens (tertiary/aromatic N) is 4. The number of thiocarbonyl (C=S) groups is 1. The van der Waals surface area contributed by atoms with Crippen molar-refractivity contribution in [2.24, 2.45) is 0 Å². The van der Waals surface area contributed by atoms with Gasteiger partial charge in [0.25, 0.3) is 0 Å². The van der Waals surface area contributed by atoms with E-state index in [4.69, 9.17) is 26.9 Å². The summed E-state index contributed by atoms with van der Waals surface area (Å²) in [5.41, 5.74) is 2.82. The highest BCUT2D eigenvalue weighted by atomic mass is 32.1. The van der Waals surface area contributed by atoms with E-state index in [9.17, 15) is 0 Å². The van der Waals surface area contributed by atoms with Gasteiger partial charge in [0.05, 0.1) is 6.10 Å². The van der Waals surface area contributed by atoms with Crippen LogP contribution in [0.15, 0.2) is 30.3 Å². The molecule has 0 amide bonds.